The summed E-state index contributed by atoms with van der Waals surface area (Å²) in [6.45, 7) is 0. The van der Waals surface area contributed by atoms with Gasteiger partial charge in [-0.15, -0.1) is 0 Å². The number of rotatable bonds is 3. The van der Waals surface area contributed by atoms with Crippen molar-refractivity contribution in [2.24, 2.45) is 0 Å². The van der Waals surface area contributed by atoms with E-state index in [1.165, 1.54) is 23.1 Å². The number of halogens is 1. The molecule has 18 heavy (non-hydrogen) atoms. The van der Waals surface area contributed by atoms with Crippen molar-refractivity contribution in [3.8, 4) is 11.1 Å². The van der Waals surface area contributed by atoms with E-state index in [0.29, 0.717) is 12.0 Å². The minimum absolute atomic E-state index is 0.658. The minimum atomic E-state index is 0.658. The molecule has 1 fully saturated rings. The van der Waals surface area contributed by atoms with Crippen molar-refractivity contribution in [3.05, 3.63) is 59.1 Å². The monoisotopic (exact) mass is 257 g/mol. The SMILES string of the molecule is CN[C@@H]1C[C@H]1c1cccc(-c2ccc(Cl)cc2)c1. The van der Waals surface area contributed by atoms with Crippen LogP contribution in [0.3, 0.4) is 0 Å². The molecular formula is C16H16ClN. The third-order valence-corrected chi connectivity index (χ3v) is 3.91. The number of likely N-dealkylation sites (N-methyl/N-ethyl adjacent to an activating group) is 1. The van der Waals surface area contributed by atoms with Crippen molar-refractivity contribution in [2.45, 2.75) is 18.4 Å². The topological polar surface area (TPSA) is 12.0 Å². The van der Waals surface area contributed by atoms with Crippen LogP contribution in [0.4, 0.5) is 0 Å². The summed E-state index contributed by atoms with van der Waals surface area (Å²) in [5, 5.41) is 4.12. The molecule has 92 valence electrons. The van der Waals surface area contributed by atoms with E-state index in [-0.39, 0.29) is 0 Å². The zero-order valence-electron chi connectivity index (χ0n) is 10.4. The van der Waals surface area contributed by atoms with Crippen LogP contribution in [-0.2, 0) is 0 Å². The van der Waals surface area contributed by atoms with E-state index >= 15 is 0 Å². The average molecular weight is 258 g/mol. The van der Waals surface area contributed by atoms with E-state index in [4.69, 9.17) is 11.6 Å². The summed E-state index contributed by atoms with van der Waals surface area (Å²) < 4.78 is 0. The Bertz CT molecular complexity index is 547. The third kappa shape index (κ3) is 2.29. The molecule has 2 heteroatoms. The van der Waals surface area contributed by atoms with Gasteiger partial charge in [-0.1, -0.05) is 48.0 Å². The molecule has 0 aromatic heterocycles. The van der Waals surface area contributed by atoms with Gasteiger partial charge in [0.05, 0.1) is 0 Å². The van der Waals surface area contributed by atoms with Crippen LogP contribution in [0.25, 0.3) is 11.1 Å². The highest BCUT2D eigenvalue weighted by molar-refractivity contribution is 6.30. The number of benzene rings is 2. The maximum absolute atomic E-state index is 5.92. The van der Waals surface area contributed by atoms with Crippen molar-refractivity contribution in [2.75, 3.05) is 7.05 Å². The number of nitrogens with one attached hydrogen (secondary N) is 1. The largest absolute Gasteiger partial charge is 0.316 e. The van der Waals surface area contributed by atoms with Gasteiger partial charge in [-0.05, 0) is 42.3 Å². The van der Waals surface area contributed by atoms with Gasteiger partial charge >= 0.3 is 0 Å². The lowest BCUT2D eigenvalue weighted by Gasteiger charge is -2.05. The predicted octanol–water partition coefficient (Wildman–Crippen LogP) is 4.08. The Morgan fingerprint density at radius 3 is 2.50 bits per heavy atom. The van der Waals surface area contributed by atoms with E-state index in [1.807, 2.05) is 19.2 Å². The number of hydrogen-bond donors (Lipinski definition) is 1. The van der Waals surface area contributed by atoms with E-state index in [0.717, 1.165) is 5.02 Å². The quantitative estimate of drug-likeness (QED) is 0.874. The smallest absolute Gasteiger partial charge is 0.0406 e. The molecule has 0 amide bonds. The first-order chi connectivity index (χ1) is 8.78. The van der Waals surface area contributed by atoms with Crippen LogP contribution < -0.4 is 5.32 Å². The summed E-state index contributed by atoms with van der Waals surface area (Å²) in [4.78, 5) is 0. The first kappa shape index (κ1) is 11.8. The lowest BCUT2D eigenvalue weighted by Crippen LogP contribution is -2.10. The fraction of sp³-hybridized carbons (Fsp3) is 0.250. The second kappa shape index (κ2) is 4.75. The molecule has 1 saturated carbocycles. The average Bonchev–Trinajstić information content (AvgIpc) is 3.19. The van der Waals surface area contributed by atoms with Crippen LogP contribution in [0.2, 0.25) is 5.02 Å². The molecule has 3 rings (SSSR count). The Morgan fingerprint density at radius 2 is 1.83 bits per heavy atom. The highest BCUT2D eigenvalue weighted by Gasteiger charge is 2.36. The molecule has 0 bridgehead atoms. The second-order valence-electron chi connectivity index (χ2n) is 4.87. The van der Waals surface area contributed by atoms with Gasteiger partial charge in [0.25, 0.3) is 0 Å². The standard InChI is InChI=1S/C16H16ClN/c1-18-16-10-15(16)13-4-2-3-12(9-13)11-5-7-14(17)8-6-11/h2-9,15-16,18H,10H2,1H3/t15-,16+/m0/s1. The zero-order valence-corrected chi connectivity index (χ0v) is 11.1. The third-order valence-electron chi connectivity index (χ3n) is 3.65. The van der Waals surface area contributed by atoms with Crippen molar-refractivity contribution in [3.63, 3.8) is 0 Å². The molecule has 2 aromatic rings. The first-order valence-corrected chi connectivity index (χ1v) is 6.69. The van der Waals surface area contributed by atoms with Crippen molar-refractivity contribution in [1.29, 1.82) is 0 Å². The van der Waals surface area contributed by atoms with Crippen molar-refractivity contribution < 1.29 is 0 Å². The van der Waals surface area contributed by atoms with Gasteiger partial charge in [0.15, 0.2) is 0 Å². The normalized spacial score (nSPS) is 21.9. The van der Waals surface area contributed by atoms with E-state index in [9.17, 15) is 0 Å². The van der Waals surface area contributed by atoms with Crippen LogP contribution in [-0.4, -0.2) is 13.1 Å². The van der Waals surface area contributed by atoms with Gasteiger partial charge in [0.1, 0.15) is 0 Å². The van der Waals surface area contributed by atoms with Gasteiger partial charge < -0.3 is 5.32 Å². The highest BCUT2D eigenvalue weighted by atomic mass is 35.5. The summed E-state index contributed by atoms with van der Waals surface area (Å²) >= 11 is 5.92. The summed E-state index contributed by atoms with van der Waals surface area (Å²) in [7, 11) is 2.04. The lowest BCUT2D eigenvalue weighted by atomic mass is 10.0. The van der Waals surface area contributed by atoms with E-state index in [2.05, 4.69) is 41.7 Å². The van der Waals surface area contributed by atoms with E-state index < -0.39 is 0 Å². The molecule has 0 spiro atoms. The first-order valence-electron chi connectivity index (χ1n) is 6.31. The predicted molar refractivity (Wildman–Crippen MR) is 77.1 cm³/mol. The Kier molecular flexibility index (Phi) is 3.11. The van der Waals surface area contributed by atoms with Crippen LogP contribution >= 0.6 is 11.6 Å². The Hall–Kier alpha value is -1.31. The van der Waals surface area contributed by atoms with Crippen molar-refractivity contribution in [1.82, 2.24) is 5.32 Å². The molecular weight excluding hydrogens is 242 g/mol. The summed E-state index contributed by atoms with van der Waals surface area (Å²) in [5.74, 6) is 0.683. The molecule has 0 heterocycles. The molecule has 0 saturated heterocycles. The van der Waals surface area contributed by atoms with Crippen LogP contribution in [0.5, 0.6) is 0 Å². The molecule has 1 aliphatic carbocycles. The summed E-state index contributed by atoms with van der Waals surface area (Å²) in [5.41, 5.74) is 3.93. The minimum Gasteiger partial charge on any atom is -0.316 e. The number of hydrogen-bond acceptors (Lipinski definition) is 1. The Balaban J connectivity index is 1.89. The summed E-state index contributed by atoms with van der Waals surface area (Å²) in [6, 6.07) is 17.5. The van der Waals surface area contributed by atoms with Gasteiger partial charge in [0.2, 0.25) is 0 Å². The molecule has 0 unspecified atom stereocenters. The molecule has 1 aliphatic rings. The van der Waals surface area contributed by atoms with Crippen LogP contribution in [0, 0.1) is 0 Å². The maximum atomic E-state index is 5.92. The van der Waals surface area contributed by atoms with Gasteiger partial charge in [-0.2, -0.15) is 0 Å². The Labute approximate surface area is 113 Å². The Morgan fingerprint density at radius 1 is 1.06 bits per heavy atom. The van der Waals surface area contributed by atoms with Gasteiger partial charge in [0, 0.05) is 17.0 Å². The zero-order chi connectivity index (χ0) is 12.5. The van der Waals surface area contributed by atoms with Crippen LogP contribution in [0.1, 0.15) is 17.9 Å². The molecule has 2 aromatic carbocycles. The van der Waals surface area contributed by atoms with Crippen molar-refractivity contribution >= 4 is 11.6 Å². The molecule has 0 aliphatic heterocycles. The molecule has 2 atom stereocenters. The fourth-order valence-electron chi connectivity index (χ4n) is 2.47. The van der Waals surface area contributed by atoms with E-state index in [1.54, 1.807) is 0 Å². The lowest BCUT2D eigenvalue weighted by molar-refractivity contribution is 0.784. The second-order valence-corrected chi connectivity index (χ2v) is 5.31. The van der Waals surface area contributed by atoms with Crippen LogP contribution in [0.15, 0.2) is 48.5 Å². The summed E-state index contributed by atoms with van der Waals surface area (Å²) in [6.07, 6.45) is 1.25. The highest BCUT2D eigenvalue weighted by Crippen LogP contribution is 2.41. The molecule has 0 radical (unpaired) electrons. The van der Waals surface area contributed by atoms with Gasteiger partial charge in [-0.25, -0.2) is 0 Å². The molecule has 1 nitrogen and oxygen atoms in total. The fourth-order valence-corrected chi connectivity index (χ4v) is 2.60. The maximum Gasteiger partial charge on any atom is 0.0406 e. The van der Waals surface area contributed by atoms with Gasteiger partial charge in [-0.3, -0.25) is 0 Å². The molecule has 1 N–H and O–H groups in total.